The van der Waals surface area contributed by atoms with Crippen LogP contribution in [0, 0.1) is 6.92 Å². The number of rotatable bonds is 6. The zero-order valence-electron chi connectivity index (χ0n) is 15.7. The molecule has 2 aliphatic rings. The number of fused-ring (bicyclic) bond motifs is 1. The predicted molar refractivity (Wildman–Crippen MR) is 111 cm³/mol. The Balaban J connectivity index is 1.41. The van der Waals surface area contributed by atoms with Crippen LogP contribution in [0.25, 0.3) is 6.08 Å². The lowest BCUT2D eigenvalue weighted by molar-refractivity contribution is -0.116. The summed E-state index contributed by atoms with van der Waals surface area (Å²) in [6, 6.07) is 15.2. The molecule has 1 heterocycles. The van der Waals surface area contributed by atoms with Crippen LogP contribution in [-0.2, 0) is 15.0 Å². The summed E-state index contributed by atoms with van der Waals surface area (Å²) in [6.07, 6.45) is 5.02. The summed E-state index contributed by atoms with van der Waals surface area (Å²) >= 11 is 0. The van der Waals surface area contributed by atoms with Crippen molar-refractivity contribution in [3.05, 3.63) is 65.7 Å². The van der Waals surface area contributed by atoms with E-state index in [0.717, 1.165) is 29.7 Å². The minimum Gasteiger partial charge on any atom is -0.351 e. The van der Waals surface area contributed by atoms with Crippen LogP contribution >= 0.6 is 0 Å². The van der Waals surface area contributed by atoms with Gasteiger partial charge in [-0.3, -0.25) is 4.79 Å². The summed E-state index contributed by atoms with van der Waals surface area (Å²) in [7, 11) is -3.59. The fraction of sp³-hybridized carbons (Fsp3) is 0.286. The van der Waals surface area contributed by atoms with Gasteiger partial charge in [0.05, 0.1) is 17.9 Å². The van der Waals surface area contributed by atoms with Gasteiger partial charge in [0.25, 0.3) is 0 Å². The van der Waals surface area contributed by atoms with Crippen molar-refractivity contribution in [1.29, 1.82) is 0 Å². The quantitative estimate of drug-likeness (QED) is 0.762. The maximum absolute atomic E-state index is 13.0. The number of para-hydroxylation sites is 2. The van der Waals surface area contributed by atoms with Gasteiger partial charge in [0.2, 0.25) is 5.91 Å². The number of benzene rings is 2. The molecule has 0 atom stereocenters. The van der Waals surface area contributed by atoms with Crippen LogP contribution < -0.4 is 13.9 Å². The van der Waals surface area contributed by atoms with E-state index < -0.39 is 10.2 Å². The summed E-state index contributed by atoms with van der Waals surface area (Å²) in [4.78, 5) is 12.1. The molecule has 28 heavy (non-hydrogen) atoms. The molecule has 1 aliphatic carbocycles. The lowest BCUT2D eigenvalue weighted by Gasteiger charge is -2.21. The molecule has 1 amide bonds. The van der Waals surface area contributed by atoms with Crippen LogP contribution in [0.2, 0.25) is 0 Å². The normalized spacial score (nSPS) is 17.8. The Hall–Kier alpha value is -2.80. The number of carbonyl (C=O) groups excluding carboxylic acids is 1. The van der Waals surface area contributed by atoms with Crippen molar-refractivity contribution in [3.8, 4) is 0 Å². The fourth-order valence-electron chi connectivity index (χ4n) is 3.42. The van der Waals surface area contributed by atoms with Crippen molar-refractivity contribution in [1.82, 2.24) is 5.32 Å². The molecule has 146 valence electrons. The average Bonchev–Trinajstić information content (AvgIpc) is 3.47. The van der Waals surface area contributed by atoms with Crippen molar-refractivity contribution in [2.75, 3.05) is 21.7 Å². The van der Waals surface area contributed by atoms with E-state index in [0.29, 0.717) is 5.69 Å². The van der Waals surface area contributed by atoms with Crippen molar-refractivity contribution in [2.45, 2.75) is 25.8 Å². The molecule has 1 saturated carbocycles. The SMILES string of the molecule is Cc1ccccc1C=CC(=O)NCCN1c2ccccc2N(C2CC2)S1(=O)=O. The van der Waals surface area contributed by atoms with E-state index in [1.54, 1.807) is 6.08 Å². The molecule has 0 spiro atoms. The lowest BCUT2D eigenvalue weighted by Crippen LogP contribution is -2.42. The molecular weight excluding hydrogens is 374 g/mol. The molecule has 2 aromatic carbocycles. The van der Waals surface area contributed by atoms with Crippen molar-refractivity contribution in [3.63, 3.8) is 0 Å². The highest BCUT2D eigenvalue weighted by Gasteiger charge is 2.47. The second-order valence-electron chi connectivity index (χ2n) is 7.08. The monoisotopic (exact) mass is 397 g/mol. The Kier molecular flexibility index (Phi) is 4.85. The highest BCUT2D eigenvalue weighted by Crippen LogP contribution is 2.46. The van der Waals surface area contributed by atoms with Crippen LogP contribution in [-0.4, -0.2) is 33.5 Å². The molecule has 4 rings (SSSR count). The van der Waals surface area contributed by atoms with E-state index in [1.807, 2.05) is 55.5 Å². The van der Waals surface area contributed by atoms with Gasteiger partial charge in [-0.1, -0.05) is 36.4 Å². The molecule has 0 saturated heterocycles. The smallest absolute Gasteiger partial charge is 0.326 e. The first-order valence-electron chi connectivity index (χ1n) is 9.41. The third-order valence-corrected chi connectivity index (χ3v) is 6.94. The van der Waals surface area contributed by atoms with E-state index in [-0.39, 0.29) is 25.0 Å². The van der Waals surface area contributed by atoms with Gasteiger partial charge in [-0.05, 0) is 49.1 Å². The molecular formula is C21H23N3O3S. The number of nitrogens with one attached hydrogen (secondary N) is 1. The van der Waals surface area contributed by atoms with Gasteiger partial charge in [0.15, 0.2) is 0 Å². The third-order valence-electron chi connectivity index (χ3n) is 5.01. The topological polar surface area (TPSA) is 69.7 Å². The first-order valence-corrected chi connectivity index (χ1v) is 10.8. The molecule has 6 nitrogen and oxygen atoms in total. The molecule has 1 fully saturated rings. The maximum Gasteiger partial charge on any atom is 0.326 e. The van der Waals surface area contributed by atoms with Crippen LogP contribution in [0.3, 0.4) is 0 Å². The number of amides is 1. The van der Waals surface area contributed by atoms with Gasteiger partial charge in [-0.15, -0.1) is 0 Å². The largest absolute Gasteiger partial charge is 0.351 e. The standard InChI is InChI=1S/C21H23N3O3S/c1-16-6-2-3-7-17(16)10-13-21(25)22-14-15-23-19-8-4-5-9-20(19)24(18-11-12-18)28(23,26)27/h2-10,13,18H,11-12,14-15H2,1H3,(H,22,25). The van der Waals surface area contributed by atoms with E-state index >= 15 is 0 Å². The first-order chi connectivity index (χ1) is 13.5. The molecule has 0 bridgehead atoms. The van der Waals surface area contributed by atoms with Crippen molar-refractivity contribution < 1.29 is 13.2 Å². The Labute approximate surface area is 165 Å². The Morgan fingerprint density at radius 1 is 1.11 bits per heavy atom. The Morgan fingerprint density at radius 3 is 2.50 bits per heavy atom. The summed E-state index contributed by atoms with van der Waals surface area (Å²) in [5.74, 6) is -0.243. The van der Waals surface area contributed by atoms with Crippen LogP contribution in [0.15, 0.2) is 54.6 Å². The van der Waals surface area contributed by atoms with Crippen molar-refractivity contribution >= 4 is 33.6 Å². The number of aryl methyl sites for hydroxylation is 1. The van der Waals surface area contributed by atoms with E-state index in [1.165, 1.54) is 14.7 Å². The molecule has 7 heteroatoms. The van der Waals surface area contributed by atoms with Gasteiger partial charge in [0.1, 0.15) is 0 Å². The molecule has 0 aromatic heterocycles. The lowest BCUT2D eigenvalue weighted by atomic mass is 10.1. The number of nitrogens with zero attached hydrogens (tertiary/aromatic N) is 2. The highest BCUT2D eigenvalue weighted by atomic mass is 32.2. The minimum atomic E-state index is -3.59. The summed E-state index contributed by atoms with van der Waals surface area (Å²) in [5.41, 5.74) is 3.48. The minimum absolute atomic E-state index is 0.0581. The van der Waals surface area contributed by atoms with Crippen LogP contribution in [0.5, 0.6) is 0 Å². The third kappa shape index (κ3) is 3.49. The van der Waals surface area contributed by atoms with E-state index in [4.69, 9.17) is 0 Å². The van der Waals surface area contributed by atoms with Gasteiger partial charge in [-0.25, -0.2) is 8.61 Å². The zero-order chi connectivity index (χ0) is 19.7. The van der Waals surface area contributed by atoms with E-state index in [9.17, 15) is 13.2 Å². The van der Waals surface area contributed by atoms with Gasteiger partial charge >= 0.3 is 10.2 Å². The Morgan fingerprint density at radius 2 is 1.79 bits per heavy atom. The summed E-state index contributed by atoms with van der Waals surface area (Å²) in [6.45, 7) is 2.43. The van der Waals surface area contributed by atoms with Crippen molar-refractivity contribution in [2.24, 2.45) is 0 Å². The zero-order valence-corrected chi connectivity index (χ0v) is 16.5. The van der Waals surface area contributed by atoms with E-state index in [2.05, 4.69) is 5.32 Å². The molecule has 2 aromatic rings. The molecule has 1 N–H and O–H groups in total. The van der Waals surface area contributed by atoms with Gasteiger partial charge in [-0.2, -0.15) is 8.42 Å². The average molecular weight is 398 g/mol. The molecule has 1 aliphatic heterocycles. The predicted octanol–water partition coefficient (Wildman–Crippen LogP) is 2.86. The summed E-state index contributed by atoms with van der Waals surface area (Å²) in [5, 5.41) is 2.78. The van der Waals surface area contributed by atoms with Gasteiger partial charge < -0.3 is 5.32 Å². The number of hydrogen-bond acceptors (Lipinski definition) is 3. The highest BCUT2D eigenvalue weighted by molar-refractivity contribution is 7.94. The maximum atomic E-state index is 13.0. The van der Waals surface area contributed by atoms with Crippen LogP contribution in [0.1, 0.15) is 24.0 Å². The first kappa shape index (κ1) is 18.6. The number of carbonyl (C=O) groups is 1. The molecule has 0 unspecified atom stereocenters. The number of anilines is 2. The summed E-state index contributed by atoms with van der Waals surface area (Å²) < 4.78 is 28.9. The number of hydrogen-bond donors (Lipinski definition) is 1. The second-order valence-corrected chi connectivity index (χ2v) is 8.81. The van der Waals surface area contributed by atoms with Gasteiger partial charge in [0, 0.05) is 18.7 Å². The second kappa shape index (κ2) is 7.31. The Bertz CT molecular complexity index is 1030. The molecule has 0 radical (unpaired) electrons. The fourth-order valence-corrected chi connectivity index (χ4v) is 5.35. The van der Waals surface area contributed by atoms with Crippen LogP contribution in [0.4, 0.5) is 11.4 Å².